The summed E-state index contributed by atoms with van der Waals surface area (Å²) in [5, 5.41) is 2.98. The maximum atomic E-state index is 12.4. The molecule has 0 unspecified atom stereocenters. The lowest BCUT2D eigenvalue weighted by Gasteiger charge is -2.34. The number of aromatic nitrogens is 1. The number of carbonyl (C=O) groups is 1. The van der Waals surface area contributed by atoms with E-state index in [-0.39, 0.29) is 6.03 Å². The maximum absolute atomic E-state index is 12.4. The van der Waals surface area contributed by atoms with Gasteiger partial charge in [0.1, 0.15) is 0 Å². The van der Waals surface area contributed by atoms with E-state index in [1.807, 2.05) is 54.5 Å². The largest absolute Gasteiger partial charge is 0.322 e. The Morgan fingerprint density at radius 1 is 1.17 bits per heavy atom. The molecule has 126 valence electrons. The number of aryl methyl sites for hydroxylation is 1. The lowest BCUT2D eigenvalue weighted by Crippen LogP contribution is -2.49. The van der Waals surface area contributed by atoms with Crippen molar-refractivity contribution in [3.05, 3.63) is 58.3 Å². The van der Waals surface area contributed by atoms with Crippen LogP contribution in [-0.4, -0.2) is 47.0 Å². The molecule has 0 radical (unpaired) electrons. The number of amides is 2. The van der Waals surface area contributed by atoms with Gasteiger partial charge in [-0.25, -0.2) is 4.79 Å². The molecule has 1 saturated heterocycles. The zero-order valence-electron chi connectivity index (χ0n) is 13.7. The summed E-state index contributed by atoms with van der Waals surface area (Å²) < 4.78 is 1.05. The van der Waals surface area contributed by atoms with Crippen LogP contribution in [0, 0.1) is 6.92 Å². The van der Waals surface area contributed by atoms with Crippen molar-refractivity contribution in [2.75, 3.05) is 31.5 Å². The Kier molecular flexibility index (Phi) is 5.48. The summed E-state index contributed by atoms with van der Waals surface area (Å²) >= 11 is 3.47. The van der Waals surface area contributed by atoms with Crippen LogP contribution in [0.4, 0.5) is 10.5 Å². The van der Waals surface area contributed by atoms with Crippen LogP contribution in [0.5, 0.6) is 0 Å². The summed E-state index contributed by atoms with van der Waals surface area (Å²) in [6.45, 7) is 6.17. The van der Waals surface area contributed by atoms with E-state index in [1.165, 1.54) is 5.56 Å². The van der Waals surface area contributed by atoms with Crippen LogP contribution in [0.3, 0.4) is 0 Å². The number of urea groups is 1. The second kappa shape index (κ2) is 7.77. The van der Waals surface area contributed by atoms with Crippen molar-refractivity contribution in [2.45, 2.75) is 13.5 Å². The van der Waals surface area contributed by atoms with E-state index in [9.17, 15) is 4.79 Å². The number of hydrogen-bond donors (Lipinski definition) is 1. The number of nitrogens with one attached hydrogen (secondary N) is 1. The second-order valence-electron chi connectivity index (χ2n) is 6.01. The highest BCUT2D eigenvalue weighted by Crippen LogP contribution is 2.20. The molecule has 0 atom stereocenters. The first kappa shape index (κ1) is 16.9. The number of nitrogens with zero attached hydrogens (tertiary/aromatic N) is 3. The van der Waals surface area contributed by atoms with Crippen LogP contribution in [0.2, 0.25) is 0 Å². The Labute approximate surface area is 150 Å². The molecule has 1 aromatic carbocycles. The first-order chi connectivity index (χ1) is 11.6. The van der Waals surface area contributed by atoms with E-state index in [0.717, 1.165) is 48.4 Å². The Morgan fingerprint density at radius 2 is 1.88 bits per heavy atom. The monoisotopic (exact) mass is 388 g/mol. The van der Waals surface area contributed by atoms with Crippen molar-refractivity contribution in [2.24, 2.45) is 0 Å². The zero-order chi connectivity index (χ0) is 16.9. The van der Waals surface area contributed by atoms with Crippen LogP contribution < -0.4 is 5.32 Å². The summed E-state index contributed by atoms with van der Waals surface area (Å²) in [5.74, 6) is 0. The molecule has 5 nitrogen and oxygen atoms in total. The fourth-order valence-corrected chi connectivity index (χ4v) is 3.03. The van der Waals surface area contributed by atoms with Crippen LogP contribution >= 0.6 is 15.9 Å². The number of pyridine rings is 1. The molecule has 1 N–H and O–H groups in total. The van der Waals surface area contributed by atoms with Gasteiger partial charge in [-0.1, -0.05) is 15.9 Å². The number of rotatable bonds is 3. The maximum Gasteiger partial charge on any atom is 0.321 e. The highest BCUT2D eigenvalue weighted by Gasteiger charge is 2.21. The van der Waals surface area contributed by atoms with Crippen LogP contribution in [0.15, 0.2) is 47.2 Å². The van der Waals surface area contributed by atoms with Gasteiger partial charge in [0.15, 0.2) is 0 Å². The molecule has 0 saturated carbocycles. The van der Waals surface area contributed by atoms with Gasteiger partial charge in [-0.2, -0.15) is 0 Å². The number of benzene rings is 1. The predicted molar refractivity (Wildman–Crippen MR) is 99.0 cm³/mol. The molecule has 0 spiro atoms. The molecule has 1 aliphatic rings. The van der Waals surface area contributed by atoms with Crippen molar-refractivity contribution >= 4 is 27.6 Å². The number of anilines is 1. The van der Waals surface area contributed by atoms with E-state index in [0.29, 0.717) is 0 Å². The molecule has 2 heterocycles. The third-order valence-corrected chi connectivity index (χ3v) is 5.11. The SMILES string of the molecule is Cc1cc(NC(=O)N2CCN(Cc3ccncc3)CC2)ccc1Br. The van der Waals surface area contributed by atoms with Gasteiger partial charge in [-0.3, -0.25) is 9.88 Å². The highest BCUT2D eigenvalue weighted by atomic mass is 79.9. The van der Waals surface area contributed by atoms with E-state index >= 15 is 0 Å². The second-order valence-corrected chi connectivity index (χ2v) is 6.87. The quantitative estimate of drug-likeness (QED) is 0.874. The predicted octanol–water partition coefficient (Wildman–Crippen LogP) is 3.50. The third kappa shape index (κ3) is 4.33. The number of piperazine rings is 1. The minimum absolute atomic E-state index is 0.0275. The molecule has 0 bridgehead atoms. The lowest BCUT2D eigenvalue weighted by molar-refractivity contribution is 0.143. The van der Waals surface area contributed by atoms with Gasteiger partial charge < -0.3 is 10.2 Å². The summed E-state index contributed by atoms with van der Waals surface area (Å²) in [6.07, 6.45) is 3.64. The summed E-state index contributed by atoms with van der Waals surface area (Å²) in [4.78, 5) is 20.7. The molecule has 1 aromatic heterocycles. The minimum atomic E-state index is -0.0275. The summed E-state index contributed by atoms with van der Waals surface area (Å²) in [5.41, 5.74) is 3.20. The minimum Gasteiger partial charge on any atom is -0.322 e. The highest BCUT2D eigenvalue weighted by molar-refractivity contribution is 9.10. The Balaban J connectivity index is 1.50. The molecule has 2 aromatic rings. The van der Waals surface area contributed by atoms with Gasteiger partial charge in [0.2, 0.25) is 0 Å². The molecule has 2 amide bonds. The fraction of sp³-hybridized carbons (Fsp3) is 0.333. The molecule has 6 heteroatoms. The summed E-state index contributed by atoms with van der Waals surface area (Å²) in [7, 11) is 0. The average molecular weight is 389 g/mol. The molecular formula is C18H21BrN4O. The normalized spacial score (nSPS) is 15.3. The third-order valence-electron chi connectivity index (χ3n) is 4.22. The molecule has 24 heavy (non-hydrogen) atoms. The first-order valence-electron chi connectivity index (χ1n) is 8.05. The molecule has 0 aliphatic carbocycles. The van der Waals surface area contributed by atoms with Gasteiger partial charge in [-0.05, 0) is 48.4 Å². The van der Waals surface area contributed by atoms with Gasteiger partial charge in [0.25, 0.3) is 0 Å². The van der Waals surface area contributed by atoms with Crippen molar-refractivity contribution in [1.82, 2.24) is 14.8 Å². The molecule has 1 aliphatic heterocycles. The molecule has 1 fully saturated rings. The fourth-order valence-electron chi connectivity index (χ4n) is 2.78. The van der Waals surface area contributed by atoms with Crippen molar-refractivity contribution in [3.8, 4) is 0 Å². The van der Waals surface area contributed by atoms with Gasteiger partial charge in [-0.15, -0.1) is 0 Å². The van der Waals surface area contributed by atoms with Crippen molar-refractivity contribution < 1.29 is 4.79 Å². The van der Waals surface area contributed by atoms with Gasteiger partial charge in [0.05, 0.1) is 0 Å². The first-order valence-corrected chi connectivity index (χ1v) is 8.84. The molecule has 3 rings (SSSR count). The Morgan fingerprint density at radius 3 is 2.54 bits per heavy atom. The van der Waals surface area contributed by atoms with Crippen molar-refractivity contribution in [1.29, 1.82) is 0 Å². The number of halogens is 1. The van der Waals surface area contributed by atoms with E-state index in [4.69, 9.17) is 0 Å². The Bertz CT molecular complexity index is 699. The zero-order valence-corrected chi connectivity index (χ0v) is 15.3. The van der Waals surface area contributed by atoms with Gasteiger partial charge in [0, 0.05) is 55.3 Å². The smallest absolute Gasteiger partial charge is 0.321 e. The van der Waals surface area contributed by atoms with E-state index in [1.54, 1.807) is 0 Å². The lowest BCUT2D eigenvalue weighted by atomic mass is 10.2. The van der Waals surface area contributed by atoms with Crippen LogP contribution in [0.25, 0.3) is 0 Å². The van der Waals surface area contributed by atoms with E-state index < -0.39 is 0 Å². The van der Waals surface area contributed by atoms with Crippen LogP contribution in [0.1, 0.15) is 11.1 Å². The van der Waals surface area contributed by atoms with Crippen molar-refractivity contribution in [3.63, 3.8) is 0 Å². The Hall–Kier alpha value is -1.92. The summed E-state index contributed by atoms with van der Waals surface area (Å²) in [6, 6.07) is 9.89. The van der Waals surface area contributed by atoms with Gasteiger partial charge >= 0.3 is 6.03 Å². The number of carbonyl (C=O) groups excluding carboxylic acids is 1. The van der Waals surface area contributed by atoms with Crippen LogP contribution in [-0.2, 0) is 6.54 Å². The number of hydrogen-bond acceptors (Lipinski definition) is 3. The topological polar surface area (TPSA) is 48.5 Å². The van der Waals surface area contributed by atoms with E-state index in [2.05, 4.69) is 31.1 Å². The average Bonchev–Trinajstić information content (AvgIpc) is 2.60. The standard InChI is InChI=1S/C18H21BrN4O/c1-14-12-16(2-3-17(14)19)21-18(24)23-10-8-22(9-11-23)13-15-4-6-20-7-5-15/h2-7,12H,8-11,13H2,1H3,(H,21,24). The molecular weight excluding hydrogens is 368 g/mol.